The highest BCUT2D eigenvalue weighted by Gasteiger charge is 2.14. The van der Waals surface area contributed by atoms with Gasteiger partial charge in [0.15, 0.2) is 5.76 Å². The number of hydrogen-bond acceptors (Lipinski definition) is 6. The Labute approximate surface area is 147 Å². The molecule has 6 nitrogen and oxygen atoms in total. The van der Waals surface area contributed by atoms with Gasteiger partial charge in [-0.1, -0.05) is 18.3 Å². The Hall–Kier alpha value is -2.74. The van der Waals surface area contributed by atoms with Gasteiger partial charge in [0.25, 0.3) is 5.91 Å². The van der Waals surface area contributed by atoms with Crippen molar-refractivity contribution >= 4 is 22.4 Å². The molecule has 0 atom stereocenters. The molecule has 0 fully saturated rings. The van der Waals surface area contributed by atoms with Crippen molar-refractivity contribution in [3.63, 3.8) is 0 Å². The second kappa shape index (κ2) is 7.89. The van der Waals surface area contributed by atoms with Gasteiger partial charge in [-0.2, -0.15) is 0 Å². The SMILES string of the molecule is CCCc1nnc(NC(=O)c2ccc(COc3ccc(F)cc3)o2)s1. The smallest absolute Gasteiger partial charge is 0.293 e. The highest BCUT2D eigenvalue weighted by atomic mass is 32.1. The molecule has 0 saturated heterocycles. The van der Waals surface area contributed by atoms with E-state index in [9.17, 15) is 9.18 Å². The van der Waals surface area contributed by atoms with Crippen molar-refractivity contribution in [3.8, 4) is 5.75 Å². The summed E-state index contributed by atoms with van der Waals surface area (Å²) in [6.07, 6.45) is 1.80. The topological polar surface area (TPSA) is 77.2 Å². The summed E-state index contributed by atoms with van der Waals surface area (Å²) in [7, 11) is 0. The molecule has 0 bridgehead atoms. The Bertz CT molecular complexity index is 845. The van der Waals surface area contributed by atoms with Crippen LogP contribution in [0.3, 0.4) is 0 Å². The van der Waals surface area contributed by atoms with Crippen LogP contribution in [0.4, 0.5) is 9.52 Å². The van der Waals surface area contributed by atoms with Crippen LogP contribution in [0, 0.1) is 5.82 Å². The number of nitrogens with zero attached hydrogens (tertiary/aromatic N) is 2. The molecule has 3 aromatic rings. The molecule has 0 spiro atoms. The first-order chi connectivity index (χ1) is 12.1. The van der Waals surface area contributed by atoms with Crippen LogP contribution >= 0.6 is 11.3 Å². The number of amides is 1. The summed E-state index contributed by atoms with van der Waals surface area (Å²) in [4.78, 5) is 12.2. The molecule has 0 radical (unpaired) electrons. The van der Waals surface area contributed by atoms with E-state index in [-0.39, 0.29) is 18.2 Å². The molecule has 25 heavy (non-hydrogen) atoms. The van der Waals surface area contributed by atoms with Crippen LogP contribution in [0.1, 0.15) is 34.7 Å². The van der Waals surface area contributed by atoms with Crippen LogP contribution in [0.2, 0.25) is 0 Å². The van der Waals surface area contributed by atoms with E-state index in [1.54, 1.807) is 12.1 Å². The third-order valence-electron chi connectivity index (χ3n) is 3.23. The van der Waals surface area contributed by atoms with E-state index in [2.05, 4.69) is 22.4 Å². The zero-order chi connectivity index (χ0) is 17.6. The number of aryl methyl sites for hydroxylation is 1. The molecule has 2 aromatic heterocycles. The average molecular weight is 361 g/mol. The van der Waals surface area contributed by atoms with E-state index < -0.39 is 5.91 Å². The van der Waals surface area contributed by atoms with Crippen molar-refractivity contribution in [2.24, 2.45) is 0 Å². The summed E-state index contributed by atoms with van der Waals surface area (Å²) in [5, 5.41) is 11.9. The van der Waals surface area contributed by atoms with E-state index in [0.29, 0.717) is 16.6 Å². The number of ether oxygens (including phenoxy) is 1. The second-order valence-corrected chi connectivity index (χ2v) is 6.28. The van der Waals surface area contributed by atoms with Crippen LogP contribution in [-0.4, -0.2) is 16.1 Å². The van der Waals surface area contributed by atoms with Gasteiger partial charge in [0.1, 0.15) is 28.9 Å². The van der Waals surface area contributed by atoms with Crippen LogP contribution in [0.25, 0.3) is 0 Å². The quantitative estimate of drug-likeness (QED) is 0.687. The van der Waals surface area contributed by atoms with Crippen molar-refractivity contribution in [2.75, 3.05) is 5.32 Å². The molecule has 1 amide bonds. The van der Waals surface area contributed by atoms with Gasteiger partial charge < -0.3 is 9.15 Å². The van der Waals surface area contributed by atoms with E-state index >= 15 is 0 Å². The van der Waals surface area contributed by atoms with Gasteiger partial charge in [-0.25, -0.2) is 4.39 Å². The zero-order valence-corrected chi connectivity index (χ0v) is 14.3. The maximum Gasteiger partial charge on any atom is 0.293 e. The number of nitrogens with one attached hydrogen (secondary N) is 1. The minimum absolute atomic E-state index is 0.137. The van der Waals surface area contributed by atoms with Crippen LogP contribution in [0.5, 0.6) is 5.75 Å². The predicted octanol–water partition coefficient (Wildman–Crippen LogP) is 4.05. The molecule has 1 N–H and O–H groups in total. The van der Waals surface area contributed by atoms with E-state index in [1.807, 2.05) is 0 Å². The number of carbonyl (C=O) groups is 1. The monoisotopic (exact) mass is 361 g/mol. The van der Waals surface area contributed by atoms with Gasteiger partial charge in [0.2, 0.25) is 5.13 Å². The Balaban J connectivity index is 1.56. The van der Waals surface area contributed by atoms with Gasteiger partial charge in [-0.3, -0.25) is 10.1 Å². The maximum atomic E-state index is 12.8. The number of benzene rings is 1. The number of halogens is 1. The summed E-state index contributed by atoms with van der Waals surface area (Å²) in [6, 6.07) is 8.88. The second-order valence-electron chi connectivity index (χ2n) is 5.21. The van der Waals surface area contributed by atoms with E-state index in [4.69, 9.17) is 9.15 Å². The largest absolute Gasteiger partial charge is 0.486 e. The molecule has 0 aliphatic carbocycles. The number of aromatic nitrogens is 2. The Kier molecular flexibility index (Phi) is 5.39. The fraction of sp³-hybridized carbons (Fsp3) is 0.235. The minimum atomic E-state index is -0.396. The molecule has 130 valence electrons. The van der Waals surface area contributed by atoms with Gasteiger partial charge in [0, 0.05) is 6.42 Å². The number of carbonyl (C=O) groups excluding carboxylic acids is 1. The van der Waals surface area contributed by atoms with Crippen LogP contribution in [-0.2, 0) is 13.0 Å². The van der Waals surface area contributed by atoms with Crippen molar-refractivity contribution in [2.45, 2.75) is 26.4 Å². The third kappa shape index (κ3) is 4.63. The Morgan fingerprint density at radius 1 is 1.24 bits per heavy atom. The summed E-state index contributed by atoms with van der Waals surface area (Å²) >= 11 is 1.34. The molecular formula is C17H16FN3O3S. The van der Waals surface area contributed by atoms with Gasteiger partial charge in [-0.05, 0) is 42.8 Å². The average Bonchev–Trinajstić information content (AvgIpc) is 3.24. The number of hydrogen-bond donors (Lipinski definition) is 1. The van der Waals surface area contributed by atoms with Crippen molar-refractivity contribution in [3.05, 3.63) is 58.7 Å². The van der Waals surface area contributed by atoms with E-state index in [0.717, 1.165) is 17.8 Å². The van der Waals surface area contributed by atoms with Crippen LogP contribution in [0.15, 0.2) is 40.8 Å². The van der Waals surface area contributed by atoms with Crippen LogP contribution < -0.4 is 10.1 Å². The summed E-state index contributed by atoms with van der Waals surface area (Å²) in [6.45, 7) is 2.19. The summed E-state index contributed by atoms with van der Waals surface area (Å²) in [5.74, 6) is 0.430. The summed E-state index contributed by atoms with van der Waals surface area (Å²) < 4.78 is 23.8. The Morgan fingerprint density at radius 2 is 2.04 bits per heavy atom. The molecule has 8 heteroatoms. The molecule has 2 heterocycles. The van der Waals surface area contributed by atoms with Gasteiger partial charge in [-0.15, -0.1) is 10.2 Å². The first-order valence-corrected chi connectivity index (χ1v) is 8.56. The fourth-order valence-electron chi connectivity index (χ4n) is 2.04. The fourth-order valence-corrected chi connectivity index (χ4v) is 2.88. The summed E-state index contributed by atoms with van der Waals surface area (Å²) in [5.41, 5.74) is 0. The first kappa shape index (κ1) is 17.1. The highest BCUT2D eigenvalue weighted by molar-refractivity contribution is 7.15. The number of furan rings is 1. The minimum Gasteiger partial charge on any atom is -0.486 e. The number of anilines is 1. The molecule has 0 aliphatic heterocycles. The lowest BCUT2D eigenvalue weighted by atomic mass is 10.3. The van der Waals surface area contributed by atoms with Gasteiger partial charge in [0.05, 0.1) is 0 Å². The number of rotatable bonds is 7. The first-order valence-electron chi connectivity index (χ1n) is 7.75. The molecule has 3 rings (SSSR count). The standard InChI is InChI=1S/C17H16FN3O3S/c1-2-3-15-20-21-17(25-15)19-16(22)14-9-8-13(24-14)10-23-12-6-4-11(18)5-7-12/h4-9H,2-3,10H2,1H3,(H,19,21,22). The Morgan fingerprint density at radius 3 is 2.80 bits per heavy atom. The normalized spacial score (nSPS) is 10.6. The van der Waals surface area contributed by atoms with Gasteiger partial charge >= 0.3 is 0 Å². The van der Waals surface area contributed by atoms with Crippen molar-refractivity contribution < 1.29 is 18.3 Å². The van der Waals surface area contributed by atoms with Crippen molar-refractivity contribution in [1.82, 2.24) is 10.2 Å². The van der Waals surface area contributed by atoms with E-state index in [1.165, 1.54) is 35.6 Å². The molecule has 1 aromatic carbocycles. The predicted molar refractivity (Wildman–Crippen MR) is 91.3 cm³/mol. The highest BCUT2D eigenvalue weighted by Crippen LogP contribution is 2.19. The molecular weight excluding hydrogens is 345 g/mol. The zero-order valence-electron chi connectivity index (χ0n) is 13.5. The lowest BCUT2D eigenvalue weighted by molar-refractivity contribution is 0.0992. The lowest BCUT2D eigenvalue weighted by Gasteiger charge is -2.03. The third-order valence-corrected chi connectivity index (χ3v) is 4.13. The lowest BCUT2D eigenvalue weighted by Crippen LogP contribution is -2.10. The molecule has 0 unspecified atom stereocenters. The molecule has 0 aliphatic rings. The molecule has 0 saturated carbocycles. The maximum absolute atomic E-state index is 12.8. The van der Waals surface area contributed by atoms with Crippen molar-refractivity contribution in [1.29, 1.82) is 0 Å².